The fourth-order valence-corrected chi connectivity index (χ4v) is 3.69. The first kappa shape index (κ1) is 12.8. The van der Waals surface area contributed by atoms with Gasteiger partial charge in [0.2, 0.25) is 0 Å². The molecule has 0 bridgehead atoms. The Morgan fingerprint density at radius 2 is 2.28 bits per heavy atom. The molecule has 0 aliphatic carbocycles. The molecule has 1 saturated heterocycles. The lowest BCUT2D eigenvalue weighted by Gasteiger charge is -2.24. The highest BCUT2D eigenvalue weighted by Gasteiger charge is 2.25. The fourth-order valence-electron chi connectivity index (χ4n) is 2.05. The molecule has 0 amide bonds. The van der Waals surface area contributed by atoms with E-state index in [1.807, 2.05) is 0 Å². The third-order valence-corrected chi connectivity index (χ3v) is 4.70. The van der Waals surface area contributed by atoms with Gasteiger partial charge in [0.1, 0.15) is 0 Å². The zero-order valence-electron chi connectivity index (χ0n) is 9.67. The Kier molecular flexibility index (Phi) is 3.51. The van der Waals surface area contributed by atoms with Crippen molar-refractivity contribution in [3.63, 3.8) is 0 Å². The van der Waals surface area contributed by atoms with Gasteiger partial charge in [-0.3, -0.25) is 4.98 Å². The first-order valence-electron chi connectivity index (χ1n) is 5.62. The van der Waals surface area contributed by atoms with Crippen LogP contribution in [0.15, 0.2) is 18.5 Å². The number of nitrogens with one attached hydrogen (secondary N) is 1. The maximum absolute atomic E-state index is 11.5. The second-order valence-corrected chi connectivity index (χ2v) is 6.55. The molecule has 7 heteroatoms. The Balaban J connectivity index is 2.17. The fraction of sp³-hybridized carbons (Fsp3) is 0.455. The van der Waals surface area contributed by atoms with Crippen molar-refractivity contribution >= 4 is 21.5 Å². The predicted octanol–water partition coefficient (Wildman–Crippen LogP) is 0.769. The molecule has 1 aromatic rings. The average molecular weight is 270 g/mol. The molecule has 2 rings (SSSR count). The molecular weight excluding hydrogens is 256 g/mol. The molecule has 2 heterocycles. The molecule has 1 unspecified atom stereocenters. The molecule has 6 nitrogen and oxygen atoms in total. The van der Waals surface area contributed by atoms with Crippen LogP contribution < -0.4 is 5.32 Å². The smallest absolute Gasteiger partial charge is 0.337 e. The summed E-state index contributed by atoms with van der Waals surface area (Å²) in [5.74, 6) is -0.802. The van der Waals surface area contributed by atoms with Crippen LogP contribution in [-0.4, -0.2) is 42.0 Å². The second kappa shape index (κ2) is 4.93. The van der Waals surface area contributed by atoms with Gasteiger partial charge in [0.15, 0.2) is 9.84 Å². The van der Waals surface area contributed by atoms with Crippen molar-refractivity contribution in [2.75, 3.05) is 16.8 Å². The monoisotopic (exact) mass is 270 g/mol. The zero-order chi connectivity index (χ0) is 13.2. The van der Waals surface area contributed by atoms with E-state index in [1.165, 1.54) is 18.5 Å². The van der Waals surface area contributed by atoms with Crippen molar-refractivity contribution in [3.05, 3.63) is 24.0 Å². The van der Waals surface area contributed by atoms with Crippen LogP contribution in [0.2, 0.25) is 0 Å². The van der Waals surface area contributed by atoms with E-state index < -0.39 is 15.8 Å². The van der Waals surface area contributed by atoms with Gasteiger partial charge >= 0.3 is 5.97 Å². The third-order valence-electron chi connectivity index (χ3n) is 2.87. The van der Waals surface area contributed by atoms with E-state index >= 15 is 0 Å². The Morgan fingerprint density at radius 1 is 1.50 bits per heavy atom. The number of carboxylic acids is 1. The van der Waals surface area contributed by atoms with E-state index in [1.54, 1.807) is 0 Å². The van der Waals surface area contributed by atoms with Crippen LogP contribution in [0.5, 0.6) is 0 Å². The number of aromatic nitrogens is 1. The number of carboxylic acid groups (broad SMARTS) is 1. The molecule has 0 saturated carbocycles. The summed E-state index contributed by atoms with van der Waals surface area (Å²) in [6.45, 7) is 0. The van der Waals surface area contributed by atoms with Gasteiger partial charge in [-0.25, -0.2) is 13.2 Å². The number of nitrogens with zero attached hydrogens (tertiary/aromatic N) is 1. The van der Waals surface area contributed by atoms with Gasteiger partial charge in [0.25, 0.3) is 0 Å². The van der Waals surface area contributed by atoms with Crippen molar-refractivity contribution in [1.82, 2.24) is 4.98 Å². The van der Waals surface area contributed by atoms with Gasteiger partial charge in [-0.2, -0.15) is 0 Å². The summed E-state index contributed by atoms with van der Waals surface area (Å²) < 4.78 is 23.0. The number of rotatable bonds is 3. The third kappa shape index (κ3) is 2.98. The minimum Gasteiger partial charge on any atom is -0.478 e. The van der Waals surface area contributed by atoms with E-state index in [4.69, 9.17) is 5.11 Å². The van der Waals surface area contributed by atoms with Gasteiger partial charge in [-0.05, 0) is 18.9 Å². The van der Waals surface area contributed by atoms with Gasteiger partial charge < -0.3 is 10.4 Å². The number of anilines is 1. The topological polar surface area (TPSA) is 96.4 Å². The maximum Gasteiger partial charge on any atom is 0.337 e. The maximum atomic E-state index is 11.5. The number of hydrogen-bond donors (Lipinski definition) is 2. The summed E-state index contributed by atoms with van der Waals surface area (Å²) in [4.78, 5) is 14.9. The summed E-state index contributed by atoms with van der Waals surface area (Å²) in [6, 6.07) is 1.15. The standard InChI is InChI=1S/C11H14N2O4S/c14-11(15)9-3-4-12-6-10(9)13-8-2-1-5-18(16,17)7-8/h3-4,6,8,13H,1-2,5,7H2,(H,14,15). The Hall–Kier alpha value is -1.63. The number of carbonyl (C=O) groups is 1. The number of pyridine rings is 1. The van der Waals surface area contributed by atoms with Crippen molar-refractivity contribution in [3.8, 4) is 0 Å². The van der Waals surface area contributed by atoms with E-state index in [0.29, 0.717) is 18.5 Å². The minimum absolute atomic E-state index is 0.0426. The van der Waals surface area contributed by atoms with Crippen LogP contribution in [0.3, 0.4) is 0 Å². The van der Waals surface area contributed by atoms with Crippen LogP contribution in [0.1, 0.15) is 23.2 Å². The lowest BCUT2D eigenvalue weighted by molar-refractivity contribution is 0.0697. The molecule has 1 aliphatic heterocycles. The predicted molar refractivity (Wildman–Crippen MR) is 66.5 cm³/mol. The number of hydrogen-bond acceptors (Lipinski definition) is 5. The number of aromatic carboxylic acids is 1. The molecule has 0 spiro atoms. The second-order valence-electron chi connectivity index (χ2n) is 4.32. The minimum atomic E-state index is -3.02. The molecular formula is C11H14N2O4S. The quantitative estimate of drug-likeness (QED) is 0.842. The van der Waals surface area contributed by atoms with E-state index in [2.05, 4.69) is 10.3 Å². The van der Waals surface area contributed by atoms with Gasteiger partial charge in [-0.15, -0.1) is 0 Å². The molecule has 98 valence electrons. The van der Waals surface area contributed by atoms with Gasteiger partial charge in [0.05, 0.1) is 29.0 Å². The average Bonchev–Trinajstić information content (AvgIpc) is 2.28. The molecule has 0 aromatic carbocycles. The molecule has 18 heavy (non-hydrogen) atoms. The Morgan fingerprint density at radius 3 is 2.94 bits per heavy atom. The van der Waals surface area contributed by atoms with Crippen LogP contribution in [-0.2, 0) is 9.84 Å². The van der Waals surface area contributed by atoms with Crippen LogP contribution in [0.4, 0.5) is 5.69 Å². The number of sulfone groups is 1. The van der Waals surface area contributed by atoms with Crippen molar-refractivity contribution in [1.29, 1.82) is 0 Å². The summed E-state index contributed by atoms with van der Waals surface area (Å²) in [6.07, 6.45) is 4.12. The van der Waals surface area contributed by atoms with E-state index in [0.717, 1.165) is 0 Å². The van der Waals surface area contributed by atoms with E-state index in [9.17, 15) is 13.2 Å². The Bertz CT molecular complexity index is 556. The molecule has 0 radical (unpaired) electrons. The van der Waals surface area contributed by atoms with E-state index in [-0.39, 0.29) is 23.1 Å². The van der Waals surface area contributed by atoms with Crippen LogP contribution in [0.25, 0.3) is 0 Å². The molecule has 1 aromatic heterocycles. The first-order chi connectivity index (χ1) is 8.48. The molecule has 1 fully saturated rings. The Labute approximate surface area is 105 Å². The highest BCUT2D eigenvalue weighted by molar-refractivity contribution is 7.91. The summed E-state index contributed by atoms with van der Waals surface area (Å²) >= 11 is 0. The van der Waals surface area contributed by atoms with Gasteiger partial charge in [0, 0.05) is 12.2 Å². The van der Waals surface area contributed by atoms with Crippen molar-refractivity contribution < 1.29 is 18.3 Å². The van der Waals surface area contributed by atoms with Crippen molar-refractivity contribution in [2.24, 2.45) is 0 Å². The van der Waals surface area contributed by atoms with Crippen LogP contribution >= 0.6 is 0 Å². The molecule has 1 atom stereocenters. The normalized spacial score (nSPS) is 22.3. The SMILES string of the molecule is O=C(O)c1ccncc1NC1CCCS(=O)(=O)C1. The summed E-state index contributed by atoms with van der Waals surface area (Å²) in [5, 5.41) is 12.0. The lowest BCUT2D eigenvalue weighted by atomic mass is 10.1. The summed E-state index contributed by atoms with van der Waals surface area (Å²) in [5.41, 5.74) is 0.472. The molecule has 2 N–H and O–H groups in total. The van der Waals surface area contributed by atoms with Gasteiger partial charge in [-0.1, -0.05) is 0 Å². The first-order valence-corrected chi connectivity index (χ1v) is 7.44. The highest BCUT2D eigenvalue weighted by atomic mass is 32.2. The largest absolute Gasteiger partial charge is 0.478 e. The van der Waals surface area contributed by atoms with Crippen molar-refractivity contribution in [2.45, 2.75) is 18.9 Å². The summed E-state index contributed by atoms with van der Waals surface area (Å²) in [7, 11) is -3.02. The molecule has 1 aliphatic rings. The lowest BCUT2D eigenvalue weighted by Crippen LogP contribution is -2.35. The highest BCUT2D eigenvalue weighted by Crippen LogP contribution is 2.20. The zero-order valence-corrected chi connectivity index (χ0v) is 10.5. The van der Waals surface area contributed by atoms with Crippen LogP contribution in [0, 0.1) is 0 Å².